The molecule has 0 unspecified atom stereocenters. The van der Waals surface area contributed by atoms with Gasteiger partial charge in [0.15, 0.2) is 0 Å². The van der Waals surface area contributed by atoms with Gasteiger partial charge in [0.2, 0.25) is 11.8 Å². The number of alkyl halides is 3. The Morgan fingerprint density at radius 2 is 1.73 bits per heavy atom. The van der Waals surface area contributed by atoms with E-state index in [1.54, 1.807) is 0 Å². The first-order valence-corrected chi connectivity index (χ1v) is 9.11. The quantitative estimate of drug-likeness (QED) is 0.377. The predicted molar refractivity (Wildman–Crippen MR) is 105 cm³/mol. The van der Waals surface area contributed by atoms with Crippen LogP contribution in [0.25, 0.3) is 22.4 Å². The van der Waals surface area contributed by atoms with E-state index in [1.165, 1.54) is 30.5 Å². The van der Waals surface area contributed by atoms with Gasteiger partial charge in [-0.15, -0.1) is 0 Å². The van der Waals surface area contributed by atoms with Gasteiger partial charge >= 0.3 is 6.18 Å². The molecule has 2 aromatic heterocycles. The maximum Gasteiger partial charge on any atom is 0.416 e. The van der Waals surface area contributed by atoms with Crippen molar-refractivity contribution in [2.75, 3.05) is 5.32 Å². The summed E-state index contributed by atoms with van der Waals surface area (Å²) in [6.45, 7) is 5.84. The van der Waals surface area contributed by atoms with Crippen LogP contribution in [0.5, 0.6) is 0 Å². The van der Waals surface area contributed by atoms with E-state index in [4.69, 9.17) is 4.42 Å². The Bertz CT molecular complexity index is 1200. The van der Waals surface area contributed by atoms with Crippen molar-refractivity contribution in [3.63, 3.8) is 0 Å². The number of nitrogens with zero attached hydrogens (tertiary/aromatic N) is 2. The number of oxazole rings is 1. The number of anilines is 2. The van der Waals surface area contributed by atoms with Crippen LogP contribution in [0.1, 0.15) is 32.2 Å². The van der Waals surface area contributed by atoms with Crippen molar-refractivity contribution < 1.29 is 22.0 Å². The van der Waals surface area contributed by atoms with Crippen LogP contribution >= 0.6 is 0 Å². The average Bonchev–Trinajstić information content (AvgIpc) is 3.28. The third kappa shape index (κ3) is 3.87. The molecule has 2 aromatic carbocycles. The largest absolute Gasteiger partial charge is 0.424 e. The van der Waals surface area contributed by atoms with E-state index in [0.717, 1.165) is 12.1 Å². The van der Waals surface area contributed by atoms with Crippen LogP contribution in [-0.2, 0) is 11.6 Å². The number of rotatable bonds is 3. The topological polar surface area (TPSA) is 66.7 Å². The molecule has 0 fully saturated rings. The van der Waals surface area contributed by atoms with Crippen molar-refractivity contribution in [2.45, 2.75) is 32.4 Å². The molecule has 0 saturated heterocycles. The molecule has 0 aliphatic heterocycles. The SMILES string of the molecule is CC(C)(C)c1ncc(Nc2cc3[nH]c(-c4ccc(C(F)(F)F)cc4)nc3cc2F)o1. The number of fused-ring (bicyclic) bond motifs is 1. The van der Waals surface area contributed by atoms with Crippen LogP contribution in [0.15, 0.2) is 47.0 Å². The lowest BCUT2D eigenvalue weighted by Gasteiger charge is -2.12. The summed E-state index contributed by atoms with van der Waals surface area (Å²) < 4.78 is 58.4. The molecule has 5 nitrogen and oxygen atoms in total. The van der Waals surface area contributed by atoms with E-state index >= 15 is 0 Å². The minimum Gasteiger partial charge on any atom is -0.424 e. The summed E-state index contributed by atoms with van der Waals surface area (Å²) in [5.41, 5.74) is 0.440. The van der Waals surface area contributed by atoms with Crippen molar-refractivity contribution >= 4 is 22.6 Å². The lowest BCUT2D eigenvalue weighted by Crippen LogP contribution is -2.10. The molecule has 0 aliphatic rings. The molecule has 0 radical (unpaired) electrons. The Balaban J connectivity index is 1.63. The van der Waals surface area contributed by atoms with E-state index in [0.29, 0.717) is 34.2 Å². The molecule has 0 atom stereocenters. The summed E-state index contributed by atoms with van der Waals surface area (Å²) in [6, 6.07) is 7.35. The van der Waals surface area contributed by atoms with Gasteiger partial charge in [-0.1, -0.05) is 32.9 Å². The lowest BCUT2D eigenvalue weighted by molar-refractivity contribution is -0.137. The minimum atomic E-state index is -4.41. The second-order valence-corrected chi connectivity index (χ2v) is 7.91. The standard InChI is InChI=1S/C21H18F4N4O/c1-20(2,3)19-26-10-17(30-19)27-14-9-16-15(8-13(14)22)28-18(29-16)11-4-6-12(7-5-11)21(23,24)25/h4-10,27H,1-3H3,(H,28,29). The Hall–Kier alpha value is -3.36. The van der Waals surface area contributed by atoms with Crippen LogP contribution < -0.4 is 5.32 Å². The molecule has 9 heteroatoms. The van der Waals surface area contributed by atoms with Gasteiger partial charge < -0.3 is 14.7 Å². The number of hydrogen-bond acceptors (Lipinski definition) is 4. The van der Waals surface area contributed by atoms with Gasteiger partial charge in [-0.05, 0) is 18.2 Å². The van der Waals surface area contributed by atoms with Crippen molar-refractivity contribution in [3.05, 3.63) is 59.9 Å². The third-order valence-electron chi connectivity index (χ3n) is 4.46. The number of imidazole rings is 1. The van der Waals surface area contributed by atoms with E-state index in [2.05, 4.69) is 20.3 Å². The van der Waals surface area contributed by atoms with Crippen molar-refractivity contribution in [3.8, 4) is 11.4 Å². The zero-order chi connectivity index (χ0) is 21.7. The van der Waals surface area contributed by atoms with E-state index in [1.807, 2.05) is 20.8 Å². The highest BCUT2D eigenvalue weighted by Crippen LogP contribution is 2.32. The summed E-state index contributed by atoms with van der Waals surface area (Å²) in [5, 5.41) is 2.85. The van der Waals surface area contributed by atoms with Crippen molar-refractivity contribution in [1.29, 1.82) is 0 Å². The van der Waals surface area contributed by atoms with Gasteiger partial charge in [-0.25, -0.2) is 14.4 Å². The fourth-order valence-corrected chi connectivity index (χ4v) is 2.89. The highest BCUT2D eigenvalue weighted by molar-refractivity contribution is 5.83. The normalized spacial score (nSPS) is 12.5. The summed E-state index contributed by atoms with van der Waals surface area (Å²) >= 11 is 0. The first kappa shape index (κ1) is 19.9. The van der Waals surface area contributed by atoms with E-state index in [-0.39, 0.29) is 11.1 Å². The highest BCUT2D eigenvalue weighted by atomic mass is 19.4. The molecule has 0 bridgehead atoms. The fraction of sp³-hybridized carbons (Fsp3) is 0.238. The zero-order valence-electron chi connectivity index (χ0n) is 16.4. The molecule has 4 aromatic rings. The van der Waals surface area contributed by atoms with Gasteiger partial charge in [0.25, 0.3) is 0 Å². The number of aromatic amines is 1. The average molecular weight is 418 g/mol. The van der Waals surface area contributed by atoms with Crippen LogP contribution in [0.2, 0.25) is 0 Å². The molecule has 0 aliphatic carbocycles. The first-order chi connectivity index (χ1) is 14.0. The minimum absolute atomic E-state index is 0.154. The Morgan fingerprint density at radius 3 is 2.33 bits per heavy atom. The number of hydrogen-bond donors (Lipinski definition) is 2. The molecular formula is C21H18F4N4O. The van der Waals surface area contributed by atoms with Crippen LogP contribution in [0.3, 0.4) is 0 Å². The summed E-state index contributed by atoms with van der Waals surface area (Å²) in [4.78, 5) is 11.5. The Labute approximate surface area is 169 Å². The third-order valence-corrected chi connectivity index (χ3v) is 4.46. The zero-order valence-corrected chi connectivity index (χ0v) is 16.4. The number of nitrogens with one attached hydrogen (secondary N) is 2. The second-order valence-electron chi connectivity index (χ2n) is 7.91. The highest BCUT2D eigenvalue weighted by Gasteiger charge is 2.30. The lowest BCUT2D eigenvalue weighted by atomic mass is 9.97. The van der Waals surface area contributed by atoms with Crippen molar-refractivity contribution in [1.82, 2.24) is 15.0 Å². The predicted octanol–water partition coefficient (Wildman–Crippen LogP) is 6.42. The molecule has 2 heterocycles. The van der Waals surface area contributed by atoms with Gasteiger partial charge in [0.05, 0.1) is 28.5 Å². The van der Waals surface area contributed by atoms with Gasteiger partial charge in [-0.3, -0.25) is 0 Å². The number of benzene rings is 2. The monoisotopic (exact) mass is 418 g/mol. The molecule has 156 valence electrons. The van der Waals surface area contributed by atoms with Crippen LogP contribution in [0, 0.1) is 5.82 Å². The summed E-state index contributed by atoms with van der Waals surface area (Å²) in [6.07, 6.45) is -2.94. The van der Waals surface area contributed by atoms with Gasteiger partial charge in [0, 0.05) is 17.0 Å². The molecular weight excluding hydrogens is 400 g/mol. The molecule has 30 heavy (non-hydrogen) atoms. The number of aromatic nitrogens is 3. The maximum absolute atomic E-state index is 14.5. The van der Waals surface area contributed by atoms with Crippen LogP contribution in [-0.4, -0.2) is 15.0 Å². The van der Waals surface area contributed by atoms with Gasteiger partial charge in [-0.2, -0.15) is 13.2 Å². The molecule has 0 saturated carbocycles. The Kier molecular flexibility index (Phi) is 4.56. The van der Waals surface area contributed by atoms with E-state index < -0.39 is 17.6 Å². The van der Waals surface area contributed by atoms with Gasteiger partial charge in [0.1, 0.15) is 11.6 Å². The maximum atomic E-state index is 14.5. The molecule has 0 spiro atoms. The number of halogens is 4. The fourth-order valence-electron chi connectivity index (χ4n) is 2.89. The summed E-state index contributed by atoms with van der Waals surface area (Å²) in [5.74, 6) is 0.588. The Morgan fingerprint density at radius 1 is 1.03 bits per heavy atom. The smallest absolute Gasteiger partial charge is 0.416 e. The number of H-pyrrole nitrogens is 1. The molecule has 4 rings (SSSR count). The van der Waals surface area contributed by atoms with E-state index in [9.17, 15) is 17.6 Å². The molecule has 2 N–H and O–H groups in total. The van der Waals surface area contributed by atoms with Crippen LogP contribution in [0.4, 0.5) is 29.1 Å². The second kappa shape index (κ2) is 6.86. The molecule has 0 amide bonds. The summed E-state index contributed by atoms with van der Waals surface area (Å²) in [7, 11) is 0. The first-order valence-electron chi connectivity index (χ1n) is 9.11. The van der Waals surface area contributed by atoms with Crippen molar-refractivity contribution in [2.24, 2.45) is 0 Å².